The van der Waals surface area contributed by atoms with Crippen molar-refractivity contribution < 1.29 is 33.4 Å². The lowest BCUT2D eigenvalue weighted by Gasteiger charge is -2.39. The zero-order chi connectivity index (χ0) is 32.9. The van der Waals surface area contributed by atoms with Crippen molar-refractivity contribution in [1.82, 2.24) is 15.5 Å². The average Bonchev–Trinajstić information content (AvgIpc) is 2.87. The summed E-state index contributed by atoms with van der Waals surface area (Å²) in [7, 11) is 0. The molecule has 0 fully saturated rings. The molecule has 0 heterocycles. The second-order valence-corrected chi connectivity index (χ2v) is 12.4. The van der Waals surface area contributed by atoms with Crippen molar-refractivity contribution in [2.45, 2.75) is 118 Å². The van der Waals surface area contributed by atoms with Gasteiger partial charge in [-0.25, -0.2) is 4.79 Å². The molecule has 11 heteroatoms. The van der Waals surface area contributed by atoms with Gasteiger partial charge in [0, 0.05) is 19.0 Å². The number of primary amides is 1. The third-order valence-corrected chi connectivity index (χ3v) is 6.74. The molecule has 4 amide bonds. The lowest BCUT2D eigenvalue weighted by Crippen LogP contribution is -2.56. The summed E-state index contributed by atoms with van der Waals surface area (Å²) in [5.41, 5.74) is 6.98. The van der Waals surface area contributed by atoms with Crippen molar-refractivity contribution in [2.24, 2.45) is 11.7 Å². The number of hydrogen-bond acceptors (Lipinski definition) is 7. The van der Waals surface area contributed by atoms with Crippen LogP contribution in [0.1, 0.15) is 103 Å². The van der Waals surface area contributed by atoms with Gasteiger partial charge in [-0.15, -0.1) is 0 Å². The van der Waals surface area contributed by atoms with Crippen LogP contribution >= 0.6 is 0 Å². The molecule has 3 atom stereocenters. The van der Waals surface area contributed by atoms with Crippen LogP contribution in [0.5, 0.6) is 0 Å². The minimum atomic E-state index is -1.19. The number of ether oxygens (including phenoxy) is 2. The molecule has 1 rings (SSSR count). The first-order chi connectivity index (χ1) is 20.0. The number of benzene rings is 1. The number of nitrogens with two attached hydrogens (primary N) is 1. The summed E-state index contributed by atoms with van der Waals surface area (Å²) in [6.45, 7) is 16.8. The molecule has 0 aliphatic rings. The van der Waals surface area contributed by atoms with E-state index in [-0.39, 0.29) is 32.4 Å². The number of carbonyl (C=O) groups excluding carboxylic acids is 5. The van der Waals surface area contributed by atoms with Gasteiger partial charge in [0.2, 0.25) is 17.7 Å². The van der Waals surface area contributed by atoms with Gasteiger partial charge in [0.25, 0.3) is 0 Å². The highest BCUT2D eigenvalue weighted by Gasteiger charge is 2.39. The van der Waals surface area contributed by atoms with E-state index in [0.717, 1.165) is 17.5 Å². The number of rotatable bonds is 16. The molecule has 0 saturated heterocycles. The zero-order valence-corrected chi connectivity index (χ0v) is 27.4. The molecule has 0 aromatic heterocycles. The van der Waals surface area contributed by atoms with Crippen LogP contribution in [-0.4, -0.2) is 65.5 Å². The van der Waals surface area contributed by atoms with Crippen LogP contribution in [0.15, 0.2) is 18.2 Å². The standard InChI is InChI=1S/C32H52N4O7/c1-10-42-27(38)17-18-34-29(39)28(24-14-12-21(4)19-22(24)5)36(23(6)13-11-20(2)3)30(40)25(15-16-26(33)37)35-31(41)43-32(7,8)9/h12,14,19-20,23,25,28H,10-11,13,15-18H2,1-9H3,(H2,33,37)(H,34,39)(H,35,41). The molecule has 0 saturated carbocycles. The van der Waals surface area contributed by atoms with E-state index >= 15 is 0 Å². The Bertz CT molecular complexity index is 1110. The summed E-state index contributed by atoms with van der Waals surface area (Å²) < 4.78 is 10.4. The molecule has 0 aliphatic carbocycles. The summed E-state index contributed by atoms with van der Waals surface area (Å²) in [6, 6.07) is 2.90. The summed E-state index contributed by atoms with van der Waals surface area (Å²) in [4.78, 5) is 66.4. The Morgan fingerprint density at radius 1 is 0.977 bits per heavy atom. The van der Waals surface area contributed by atoms with Crippen LogP contribution in [0.25, 0.3) is 0 Å². The predicted octanol–water partition coefficient (Wildman–Crippen LogP) is 4.23. The quantitative estimate of drug-likeness (QED) is 0.238. The molecule has 11 nitrogen and oxygen atoms in total. The number of amides is 4. The first-order valence-corrected chi connectivity index (χ1v) is 15.1. The number of alkyl carbamates (subject to hydrolysis) is 1. The summed E-state index contributed by atoms with van der Waals surface area (Å²) in [5, 5.41) is 5.43. The number of esters is 1. The monoisotopic (exact) mass is 604 g/mol. The maximum Gasteiger partial charge on any atom is 0.408 e. The highest BCUT2D eigenvalue weighted by Crippen LogP contribution is 2.30. The zero-order valence-electron chi connectivity index (χ0n) is 27.4. The van der Waals surface area contributed by atoms with Crippen LogP contribution in [0.3, 0.4) is 0 Å². The Kier molecular flexibility index (Phi) is 15.2. The number of aryl methyl sites for hydroxylation is 2. The van der Waals surface area contributed by atoms with Gasteiger partial charge in [-0.3, -0.25) is 19.2 Å². The van der Waals surface area contributed by atoms with Crippen molar-refractivity contribution >= 4 is 29.8 Å². The third-order valence-electron chi connectivity index (χ3n) is 6.74. The molecule has 0 radical (unpaired) electrons. The van der Waals surface area contributed by atoms with Crippen molar-refractivity contribution in [1.29, 1.82) is 0 Å². The minimum absolute atomic E-state index is 0.0166. The van der Waals surface area contributed by atoms with Crippen LogP contribution in [0.4, 0.5) is 4.79 Å². The lowest BCUT2D eigenvalue weighted by molar-refractivity contribution is -0.146. The average molecular weight is 605 g/mol. The third kappa shape index (κ3) is 13.5. The van der Waals surface area contributed by atoms with E-state index in [2.05, 4.69) is 24.5 Å². The van der Waals surface area contributed by atoms with Gasteiger partial charge in [0.1, 0.15) is 17.7 Å². The fraction of sp³-hybridized carbons (Fsp3) is 0.656. The van der Waals surface area contributed by atoms with Gasteiger partial charge >= 0.3 is 12.1 Å². The van der Waals surface area contributed by atoms with E-state index < -0.39 is 53.5 Å². The topological polar surface area (TPSA) is 157 Å². The van der Waals surface area contributed by atoms with Gasteiger partial charge in [-0.1, -0.05) is 37.6 Å². The molecule has 242 valence electrons. The van der Waals surface area contributed by atoms with E-state index in [1.807, 2.05) is 39.0 Å². The first kappa shape index (κ1) is 37.4. The minimum Gasteiger partial charge on any atom is -0.466 e. The SMILES string of the molecule is CCOC(=O)CCNC(=O)C(c1ccc(C)cc1C)N(C(=O)C(CCC(N)=O)NC(=O)OC(C)(C)C)C(C)CCC(C)C. The summed E-state index contributed by atoms with van der Waals surface area (Å²) in [5.74, 6) is -1.77. The van der Waals surface area contributed by atoms with Crippen molar-refractivity contribution in [2.75, 3.05) is 13.2 Å². The number of nitrogens with one attached hydrogen (secondary N) is 2. The normalized spacial score (nSPS) is 13.4. The van der Waals surface area contributed by atoms with Crippen molar-refractivity contribution in [3.63, 3.8) is 0 Å². The molecule has 4 N–H and O–H groups in total. The van der Waals surface area contributed by atoms with Gasteiger partial charge in [0.05, 0.1) is 13.0 Å². The summed E-state index contributed by atoms with van der Waals surface area (Å²) >= 11 is 0. The molecular weight excluding hydrogens is 552 g/mol. The van der Waals surface area contributed by atoms with E-state index in [0.29, 0.717) is 17.9 Å². The maximum atomic E-state index is 14.5. The fourth-order valence-corrected chi connectivity index (χ4v) is 4.65. The molecule has 0 bridgehead atoms. The van der Waals surface area contributed by atoms with Crippen LogP contribution in [0, 0.1) is 19.8 Å². The molecule has 1 aromatic carbocycles. The van der Waals surface area contributed by atoms with E-state index in [1.54, 1.807) is 27.7 Å². The second-order valence-electron chi connectivity index (χ2n) is 12.4. The number of carbonyl (C=O) groups is 5. The van der Waals surface area contributed by atoms with Gasteiger partial charge < -0.3 is 30.7 Å². The van der Waals surface area contributed by atoms with Crippen molar-refractivity contribution in [3.8, 4) is 0 Å². The first-order valence-electron chi connectivity index (χ1n) is 15.1. The van der Waals surface area contributed by atoms with Crippen LogP contribution in [0.2, 0.25) is 0 Å². The predicted molar refractivity (Wildman–Crippen MR) is 165 cm³/mol. The number of nitrogens with zero attached hydrogens (tertiary/aromatic N) is 1. The van der Waals surface area contributed by atoms with Crippen LogP contribution in [-0.2, 0) is 28.7 Å². The van der Waals surface area contributed by atoms with E-state index in [1.165, 1.54) is 4.90 Å². The number of hydrogen-bond donors (Lipinski definition) is 3. The Morgan fingerprint density at radius 3 is 2.16 bits per heavy atom. The molecule has 3 unspecified atom stereocenters. The lowest BCUT2D eigenvalue weighted by atomic mass is 9.93. The van der Waals surface area contributed by atoms with Crippen LogP contribution < -0.4 is 16.4 Å². The fourth-order valence-electron chi connectivity index (χ4n) is 4.65. The Morgan fingerprint density at radius 2 is 1.63 bits per heavy atom. The molecule has 0 aliphatic heterocycles. The second kappa shape index (κ2) is 17.5. The largest absolute Gasteiger partial charge is 0.466 e. The smallest absolute Gasteiger partial charge is 0.408 e. The highest BCUT2D eigenvalue weighted by atomic mass is 16.6. The Hall–Kier alpha value is -3.63. The van der Waals surface area contributed by atoms with Gasteiger partial charge in [-0.05, 0) is 84.8 Å². The highest BCUT2D eigenvalue weighted by molar-refractivity contribution is 5.93. The van der Waals surface area contributed by atoms with Gasteiger partial charge in [0.15, 0.2) is 0 Å². The molecular formula is C32H52N4O7. The molecule has 43 heavy (non-hydrogen) atoms. The van der Waals surface area contributed by atoms with Crippen molar-refractivity contribution in [3.05, 3.63) is 34.9 Å². The summed E-state index contributed by atoms with van der Waals surface area (Å²) in [6.07, 6.45) is 0.256. The Balaban J connectivity index is 3.66. The van der Waals surface area contributed by atoms with E-state index in [4.69, 9.17) is 15.2 Å². The van der Waals surface area contributed by atoms with Gasteiger partial charge in [-0.2, -0.15) is 0 Å². The molecule has 0 spiro atoms. The maximum absolute atomic E-state index is 14.5. The van der Waals surface area contributed by atoms with E-state index in [9.17, 15) is 24.0 Å². The molecule has 1 aromatic rings. The Labute approximate surface area is 256 Å².